The summed E-state index contributed by atoms with van der Waals surface area (Å²) in [6.07, 6.45) is 0.160. The molecule has 1 aromatic heterocycles. The van der Waals surface area contributed by atoms with Crippen LogP contribution in [0.3, 0.4) is 0 Å². The number of nitrogens with one attached hydrogen (secondary N) is 1. The van der Waals surface area contributed by atoms with Crippen molar-refractivity contribution < 1.29 is 14.7 Å². The first kappa shape index (κ1) is 14.3. The SMILES string of the molecule is CN(C)C(=O)CCn1c(SCC(=O)O)n[nH]c1=O. The molecule has 0 aliphatic carbocycles. The smallest absolute Gasteiger partial charge is 0.343 e. The molecule has 1 heterocycles. The van der Waals surface area contributed by atoms with Crippen molar-refractivity contribution in [3.8, 4) is 0 Å². The number of amides is 1. The number of hydrogen-bond donors (Lipinski definition) is 2. The quantitative estimate of drug-likeness (QED) is 0.659. The van der Waals surface area contributed by atoms with Gasteiger partial charge in [0.2, 0.25) is 5.91 Å². The highest BCUT2D eigenvalue weighted by atomic mass is 32.2. The zero-order valence-electron chi connectivity index (χ0n) is 10.0. The zero-order chi connectivity index (χ0) is 13.7. The molecule has 100 valence electrons. The second-order valence-corrected chi connectivity index (χ2v) is 4.63. The Balaban J connectivity index is 2.69. The largest absolute Gasteiger partial charge is 0.481 e. The van der Waals surface area contributed by atoms with Crippen molar-refractivity contribution in [3.63, 3.8) is 0 Å². The lowest BCUT2D eigenvalue weighted by molar-refractivity contribution is -0.134. The van der Waals surface area contributed by atoms with E-state index in [1.807, 2.05) is 0 Å². The molecule has 0 aromatic carbocycles. The van der Waals surface area contributed by atoms with E-state index in [0.29, 0.717) is 0 Å². The summed E-state index contributed by atoms with van der Waals surface area (Å²) in [5.41, 5.74) is -0.450. The van der Waals surface area contributed by atoms with Gasteiger partial charge in [-0.3, -0.25) is 14.2 Å². The Morgan fingerprint density at radius 3 is 2.72 bits per heavy atom. The molecule has 2 N–H and O–H groups in total. The van der Waals surface area contributed by atoms with Crippen LogP contribution in [0, 0.1) is 0 Å². The van der Waals surface area contributed by atoms with E-state index in [1.165, 1.54) is 9.47 Å². The standard InChI is InChI=1S/C9H14N4O4S/c1-12(2)6(14)3-4-13-8(17)10-11-9(13)18-5-7(15)16/h3-5H2,1-2H3,(H,10,17)(H,15,16). The third-order valence-electron chi connectivity index (χ3n) is 2.10. The molecular formula is C9H14N4O4S. The monoisotopic (exact) mass is 274 g/mol. The van der Waals surface area contributed by atoms with Gasteiger partial charge in [-0.15, -0.1) is 5.10 Å². The Kier molecular flexibility index (Phi) is 4.95. The molecule has 9 heteroatoms. The van der Waals surface area contributed by atoms with Crippen LogP contribution >= 0.6 is 11.8 Å². The third kappa shape index (κ3) is 3.91. The Morgan fingerprint density at radius 1 is 1.50 bits per heavy atom. The molecule has 0 unspecified atom stereocenters. The number of aliphatic carboxylic acids is 1. The van der Waals surface area contributed by atoms with Crippen LogP contribution in [0.4, 0.5) is 0 Å². The van der Waals surface area contributed by atoms with Crippen LogP contribution in [-0.2, 0) is 16.1 Å². The van der Waals surface area contributed by atoms with Crippen LogP contribution in [0.15, 0.2) is 9.95 Å². The molecular weight excluding hydrogens is 260 g/mol. The van der Waals surface area contributed by atoms with E-state index < -0.39 is 11.7 Å². The number of carbonyl (C=O) groups is 2. The molecule has 0 saturated carbocycles. The Morgan fingerprint density at radius 2 is 2.17 bits per heavy atom. The Bertz CT molecular complexity index is 493. The molecule has 0 bridgehead atoms. The number of aromatic amines is 1. The van der Waals surface area contributed by atoms with Gasteiger partial charge in [0.05, 0.1) is 5.75 Å². The molecule has 0 aliphatic heterocycles. The van der Waals surface area contributed by atoms with Crippen molar-refractivity contribution in [1.29, 1.82) is 0 Å². The summed E-state index contributed by atoms with van der Waals surface area (Å²) in [6, 6.07) is 0. The topological polar surface area (TPSA) is 108 Å². The minimum absolute atomic E-state index is 0.114. The van der Waals surface area contributed by atoms with E-state index in [-0.39, 0.29) is 29.8 Å². The van der Waals surface area contributed by atoms with Crippen LogP contribution in [0.2, 0.25) is 0 Å². The number of carboxylic acid groups (broad SMARTS) is 1. The van der Waals surface area contributed by atoms with Gasteiger partial charge in [-0.1, -0.05) is 11.8 Å². The number of carbonyl (C=O) groups excluding carboxylic acids is 1. The van der Waals surface area contributed by atoms with Gasteiger partial charge in [0.1, 0.15) is 0 Å². The summed E-state index contributed by atoms with van der Waals surface area (Å²) in [5.74, 6) is -1.30. The lowest BCUT2D eigenvalue weighted by atomic mass is 10.4. The van der Waals surface area contributed by atoms with Crippen LogP contribution in [0.5, 0.6) is 0 Å². The molecule has 0 radical (unpaired) electrons. The summed E-state index contributed by atoms with van der Waals surface area (Å²) in [5, 5.41) is 14.8. The first-order valence-corrected chi connectivity index (χ1v) is 6.10. The summed E-state index contributed by atoms with van der Waals surface area (Å²) < 4.78 is 1.26. The van der Waals surface area contributed by atoms with Gasteiger partial charge in [-0.05, 0) is 0 Å². The predicted molar refractivity (Wildman–Crippen MR) is 64.5 cm³/mol. The summed E-state index contributed by atoms with van der Waals surface area (Å²) in [6.45, 7) is 0.175. The molecule has 0 saturated heterocycles. The first-order chi connectivity index (χ1) is 8.41. The highest BCUT2D eigenvalue weighted by molar-refractivity contribution is 7.99. The molecule has 1 aromatic rings. The van der Waals surface area contributed by atoms with Gasteiger partial charge in [-0.25, -0.2) is 9.89 Å². The van der Waals surface area contributed by atoms with Gasteiger partial charge < -0.3 is 10.0 Å². The highest BCUT2D eigenvalue weighted by Gasteiger charge is 2.12. The second-order valence-electron chi connectivity index (χ2n) is 3.68. The summed E-state index contributed by atoms with van der Waals surface area (Å²) in [7, 11) is 3.25. The maximum atomic E-state index is 11.4. The van der Waals surface area contributed by atoms with Crippen molar-refractivity contribution in [2.45, 2.75) is 18.1 Å². The molecule has 0 aliphatic rings. The van der Waals surface area contributed by atoms with Gasteiger partial charge >= 0.3 is 11.7 Å². The fourth-order valence-corrected chi connectivity index (χ4v) is 1.86. The molecule has 0 fully saturated rings. The van der Waals surface area contributed by atoms with E-state index >= 15 is 0 Å². The van der Waals surface area contributed by atoms with Gasteiger partial charge in [0, 0.05) is 27.1 Å². The minimum Gasteiger partial charge on any atom is -0.481 e. The second kappa shape index (κ2) is 6.24. The number of nitrogens with zero attached hydrogens (tertiary/aromatic N) is 3. The molecule has 1 amide bonds. The van der Waals surface area contributed by atoms with Crippen molar-refractivity contribution in [2.75, 3.05) is 19.8 Å². The minimum atomic E-state index is -0.994. The van der Waals surface area contributed by atoms with E-state index in [1.54, 1.807) is 14.1 Å². The fourth-order valence-electron chi connectivity index (χ4n) is 1.17. The summed E-state index contributed by atoms with van der Waals surface area (Å²) >= 11 is 0.932. The third-order valence-corrected chi connectivity index (χ3v) is 3.06. The van der Waals surface area contributed by atoms with Gasteiger partial charge in [0.25, 0.3) is 0 Å². The molecule has 0 spiro atoms. The van der Waals surface area contributed by atoms with Gasteiger partial charge in [-0.2, -0.15) is 0 Å². The molecule has 0 atom stereocenters. The van der Waals surface area contributed by atoms with Crippen molar-refractivity contribution in [3.05, 3.63) is 10.5 Å². The number of carboxylic acids is 1. The van der Waals surface area contributed by atoms with Crippen LogP contribution in [0.1, 0.15) is 6.42 Å². The summed E-state index contributed by atoms with van der Waals surface area (Å²) in [4.78, 5) is 34.7. The van der Waals surface area contributed by atoms with Crippen LogP contribution in [-0.4, -0.2) is 56.5 Å². The molecule has 18 heavy (non-hydrogen) atoms. The van der Waals surface area contributed by atoms with Crippen molar-refractivity contribution in [2.24, 2.45) is 0 Å². The molecule has 1 rings (SSSR count). The lowest BCUT2D eigenvalue weighted by Crippen LogP contribution is -2.26. The van der Waals surface area contributed by atoms with E-state index in [2.05, 4.69) is 10.2 Å². The van der Waals surface area contributed by atoms with Crippen molar-refractivity contribution in [1.82, 2.24) is 19.7 Å². The normalized spacial score (nSPS) is 10.3. The van der Waals surface area contributed by atoms with Crippen LogP contribution in [0.25, 0.3) is 0 Å². The average molecular weight is 274 g/mol. The Labute approximate surface area is 107 Å². The average Bonchev–Trinajstić information content (AvgIpc) is 2.64. The Hall–Kier alpha value is -1.77. The number of thioether (sulfide) groups is 1. The predicted octanol–water partition coefficient (Wildman–Crippen LogP) is -0.774. The lowest BCUT2D eigenvalue weighted by Gasteiger charge is -2.10. The fraction of sp³-hybridized carbons (Fsp3) is 0.556. The van der Waals surface area contributed by atoms with E-state index in [4.69, 9.17) is 5.11 Å². The number of aromatic nitrogens is 3. The van der Waals surface area contributed by atoms with Crippen molar-refractivity contribution >= 4 is 23.6 Å². The number of hydrogen-bond acceptors (Lipinski definition) is 5. The zero-order valence-corrected chi connectivity index (χ0v) is 10.9. The molecule has 8 nitrogen and oxygen atoms in total. The maximum Gasteiger partial charge on any atom is 0.343 e. The van der Waals surface area contributed by atoms with Crippen LogP contribution < -0.4 is 5.69 Å². The maximum absolute atomic E-state index is 11.4. The number of H-pyrrole nitrogens is 1. The first-order valence-electron chi connectivity index (χ1n) is 5.11. The van der Waals surface area contributed by atoms with E-state index in [0.717, 1.165) is 11.8 Å². The number of rotatable bonds is 6. The van der Waals surface area contributed by atoms with Gasteiger partial charge in [0.15, 0.2) is 5.16 Å². The van der Waals surface area contributed by atoms with E-state index in [9.17, 15) is 14.4 Å². The highest BCUT2D eigenvalue weighted by Crippen LogP contribution is 2.12.